The molecule has 0 atom stereocenters. The first kappa shape index (κ1) is 11.3. The summed E-state index contributed by atoms with van der Waals surface area (Å²) >= 11 is 0. The summed E-state index contributed by atoms with van der Waals surface area (Å²) < 4.78 is 12.1. The van der Waals surface area contributed by atoms with Crippen LogP contribution in [-0.4, -0.2) is 11.7 Å². The molecule has 0 N–H and O–H groups in total. The molecule has 17 heavy (non-hydrogen) atoms. The number of hydrogen-bond donors (Lipinski definition) is 0. The molecule has 88 valence electrons. The molecular weight excluding hydrogens is 218 g/mol. The number of aromatic nitrogens is 1. The maximum Gasteiger partial charge on any atom is 0.253 e. The quantitative estimate of drug-likeness (QED) is 0.813. The average Bonchev–Trinajstić information content (AvgIpc) is 2.36. The van der Waals surface area contributed by atoms with Crippen LogP contribution in [0.4, 0.5) is 0 Å². The molecule has 2 aromatic rings. The Kier molecular flexibility index (Phi) is 3.14. The Balaban J connectivity index is 2.25. The minimum Gasteiger partial charge on any atom is -0.497 e. The van der Waals surface area contributed by atoms with Crippen LogP contribution in [0.3, 0.4) is 0 Å². The monoisotopic (exact) mass is 231 g/mol. The Hall–Kier alpha value is -2.23. The highest BCUT2D eigenvalue weighted by molar-refractivity contribution is 5.33. The van der Waals surface area contributed by atoms with Crippen molar-refractivity contribution >= 4 is 0 Å². The van der Waals surface area contributed by atoms with E-state index in [0.29, 0.717) is 11.6 Å². The van der Waals surface area contributed by atoms with Gasteiger partial charge in [0.2, 0.25) is 5.88 Å². The summed E-state index contributed by atoms with van der Waals surface area (Å²) in [6.45, 7) is 0. The molecule has 0 aliphatic carbocycles. The van der Waals surface area contributed by atoms with E-state index in [4.69, 9.17) is 9.47 Å². The van der Waals surface area contributed by atoms with Gasteiger partial charge >= 0.3 is 0 Å². The molecule has 0 saturated heterocycles. The fraction of sp³-hybridized carbons (Fsp3) is 0.154. The van der Waals surface area contributed by atoms with Crippen molar-refractivity contribution in [1.82, 2.24) is 4.57 Å². The van der Waals surface area contributed by atoms with Crippen molar-refractivity contribution in [3.05, 3.63) is 52.8 Å². The normalized spacial score (nSPS) is 10.0. The highest BCUT2D eigenvalue weighted by Crippen LogP contribution is 2.22. The molecule has 1 aromatic heterocycles. The maximum absolute atomic E-state index is 11.4. The molecule has 0 bridgehead atoms. The van der Waals surface area contributed by atoms with Gasteiger partial charge in [-0.25, -0.2) is 0 Å². The summed E-state index contributed by atoms with van der Waals surface area (Å²) in [5.74, 6) is 1.92. The van der Waals surface area contributed by atoms with Crippen LogP contribution in [0.1, 0.15) is 0 Å². The number of pyridine rings is 1. The third-order valence-corrected chi connectivity index (χ3v) is 2.42. The summed E-state index contributed by atoms with van der Waals surface area (Å²) in [6, 6.07) is 12.1. The molecule has 0 fully saturated rings. The van der Waals surface area contributed by atoms with Crippen molar-refractivity contribution in [3.63, 3.8) is 0 Å². The number of benzene rings is 1. The van der Waals surface area contributed by atoms with Gasteiger partial charge in [0.25, 0.3) is 5.56 Å². The number of hydrogen-bond acceptors (Lipinski definition) is 3. The van der Waals surface area contributed by atoms with Gasteiger partial charge in [0.1, 0.15) is 11.5 Å². The predicted molar refractivity (Wildman–Crippen MR) is 64.8 cm³/mol. The Morgan fingerprint density at radius 2 is 1.65 bits per heavy atom. The molecule has 0 spiro atoms. The summed E-state index contributed by atoms with van der Waals surface area (Å²) in [5, 5.41) is 0. The van der Waals surface area contributed by atoms with Crippen molar-refractivity contribution in [2.24, 2.45) is 7.05 Å². The van der Waals surface area contributed by atoms with Crippen LogP contribution in [0.5, 0.6) is 17.4 Å². The molecule has 4 heteroatoms. The largest absolute Gasteiger partial charge is 0.497 e. The second kappa shape index (κ2) is 4.74. The first-order chi connectivity index (χ1) is 8.20. The maximum atomic E-state index is 11.4. The van der Waals surface area contributed by atoms with Gasteiger partial charge in [-0.1, -0.05) is 6.07 Å². The van der Waals surface area contributed by atoms with Crippen LogP contribution in [0, 0.1) is 0 Å². The van der Waals surface area contributed by atoms with E-state index in [0.717, 1.165) is 5.75 Å². The topological polar surface area (TPSA) is 40.5 Å². The molecule has 4 nitrogen and oxygen atoms in total. The molecule has 1 heterocycles. The Morgan fingerprint density at radius 3 is 2.29 bits per heavy atom. The van der Waals surface area contributed by atoms with Gasteiger partial charge in [-0.05, 0) is 30.3 Å². The summed E-state index contributed by atoms with van der Waals surface area (Å²) in [7, 11) is 3.28. The van der Waals surface area contributed by atoms with Gasteiger partial charge in [-0.15, -0.1) is 0 Å². The molecular formula is C13H13NO3. The molecule has 2 rings (SSSR count). The SMILES string of the molecule is COc1ccc(Oc2cccc(=O)n2C)cc1. The first-order valence-electron chi connectivity index (χ1n) is 5.18. The van der Waals surface area contributed by atoms with Crippen LogP contribution >= 0.6 is 0 Å². The van der Waals surface area contributed by atoms with Crippen LogP contribution in [0.2, 0.25) is 0 Å². The Morgan fingerprint density at radius 1 is 1.00 bits per heavy atom. The number of nitrogens with zero attached hydrogens (tertiary/aromatic N) is 1. The van der Waals surface area contributed by atoms with E-state index in [1.165, 1.54) is 10.6 Å². The smallest absolute Gasteiger partial charge is 0.253 e. The Labute approximate surface area is 99.0 Å². The predicted octanol–water partition coefficient (Wildman–Crippen LogP) is 2.19. The van der Waals surface area contributed by atoms with E-state index in [9.17, 15) is 4.79 Å². The van der Waals surface area contributed by atoms with Gasteiger partial charge in [0.15, 0.2) is 0 Å². The summed E-state index contributed by atoms with van der Waals surface area (Å²) in [6.07, 6.45) is 0. The van der Waals surface area contributed by atoms with Crippen molar-refractivity contribution in [1.29, 1.82) is 0 Å². The van der Waals surface area contributed by atoms with Gasteiger partial charge < -0.3 is 9.47 Å². The lowest BCUT2D eigenvalue weighted by Crippen LogP contribution is -2.15. The molecule has 0 saturated carbocycles. The molecule has 0 unspecified atom stereocenters. The van der Waals surface area contributed by atoms with E-state index in [1.807, 2.05) is 0 Å². The lowest BCUT2D eigenvalue weighted by Gasteiger charge is -2.09. The number of rotatable bonds is 3. The highest BCUT2D eigenvalue weighted by Gasteiger charge is 2.01. The molecule has 0 amide bonds. The van der Waals surface area contributed by atoms with Crippen LogP contribution in [-0.2, 0) is 7.05 Å². The van der Waals surface area contributed by atoms with E-state index in [-0.39, 0.29) is 5.56 Å². The van der Waals surface area contributed by atoms with E-state index in [1.54, 1.807) is 50.6 Å². The highest BCUT2D eigenvalue weighted by atomic mass is 16.5. The van der Waals surface area contributed by atoms with Crippen LogP contribution in [0.15, 0.2) is 47.3 Å². The van der Waals surface area contributed by atoms with E-state index >= 15 is 0 Å². The van der Waals surface area contributed by atoms with Gasteiger partial charge in [0, 0.05) is 13.1 Å². The van der Waals surface area contributed by atoms with Crippen molar-refractivity contribution in [3.8, 4) is 17.4 Å². The molecule has 0 aliphatic rings. The minimum atomic E-state index is -0.101. The number of ether oxygens (including phenoxy) is 2. The second-order valence-electron chi connectivity index (χ2n) is 3.54. The minimum absolute atomic E-state index is 0.101. The lowest BCUT2D eigenvalue weighted by atomic mass is 10.3. The average molecular weight is 231 g/mol. The van der Waals surface area contributed by atoms with Gasteiger partial charge in [-0.2, -0.15) is 0 Å². The van der Waals surface area contributed by atoms with Gasteiger partial charge in [0.05, 0.1) is 7.11 Å². The lowest BCUT2D eigenvalue weighted by molar-refractivity contribution is 0.410. The van der Waals surface area contributed by atoms with E-state index in [2.05, 4.69) is 0 Å². The van der Waals surface area contributed by atoms with Crippen molar-refractivity contribution < 1.29 is 9.47 Å². The zero-order valence-corrected chi connectivity index (χ0v) is 9.71. The third-order valence-electron chi connectivity index (χ3n) is 2.42. The van der Waals surface area contributed by atoms with Gasteiger partial charge in [-0.3, -0.25) is 9.36 Å². The van der Waals surface area contributed by atoms with E-state index < -0.39 is 0 Å². The zero-order chi connectivity index (χ0) is 12.3. The standard InChI is InChI=1S/C13H13NO3/c1-14-12(15)4-3-5-13(14)17-11-8-6-10(16-2)7-9-11/h3-9H,1-2H3. The first-order valence-corrected chi connectivity index (χ1v) is 5.18. The third kappa shape index (κ3) is 2.47. The molecule has 0 radical (unpaired) electrons. The van der Waals surface area contributed by atoms with Crippen molar-refractivity contribution in [2.75, 3.05) is 7.11 Å². The Bertz CT molecular complexity index is 558. The van der Waals surface area contributed by atoms with Crippen LogP contribution < -0.4 is 15.0 Å². The summed E-state index contributed by atoms with van der Waals surface area (Å²) in [5.41, 5.74) is -0.101. The second-order valence-corrected chi connectivity index (χ2v) is 3.54. The summed E-state index contributed by atoms with van der Waals surface area (Å²) in [4.78, 5) is 11.4. The number of methoxy groups -OCH3 is 1. The van der Waals surface area contributed by atoms with Crippen molar-refractivity contribution in [2.45, 2.75) is 0 Å². The zero-order valence-electron chi connectivity index (χ0n) is 9.71. The fourth-order valence-corrected chi connectivity index (χ4v) is 1.41. The molecule has 0 aliphatic heterocycles. The fourth-order valence-electron chi connectivity index (χ4n) is 1.41. The van der Waals surface area contributed by atoms with Crippen LogP contribution in [0.25, 0.3) is 0 Å². The molecule has 1 aromatic carbocycles.